The number of nitrogens with zero attached hydrogens (tertiary/aromatic N) is 1. The van der Waals surface area contributed by atoms with E-state index in [1.165, 1.54) is 0 Å². The lowest BCUT2D eigenvalue weighted by Crippen LogP contribution is -2.56. The Morgan fingerprint density at radius 3 is 2.81 bits per heavy atom. The average Bonchev–Trinajstić information content (AvgIpc) is 2.48. The molecule has 0 bridgehead atoms. The van der Waals surface area contributed by atoms with Gasteiger partial charge in [0.15, 0.2) is 0 Å². The summed E-state index contributed by atoms with van der Waals surface area (Å²) in [6, 6.07) is 8.91. The first kappa shape index (κ1) is 15.9. The highest BCUT2D eigenvalue weighted by molar-refractivity contribution is 5.80. The predicted molar refractivity (Wildman–Crippen MR) is 79.5 cm³/mol. The molecule has 21 heavy (non-hydrogen) atoms. The van der Waals surface area contributed by atoms with E-state index in [-0.39, 0.29) is 12.6 Å². The van der Waals surface area contributed by atoms with E-state index in [0.717, 1.165) is 5.56 Å². The van der Waals surface area contributed by atoms with Gasteiger partial charge in [0.05, 0.1) is 19.3 Å². The number of nitrogens with two attached hydrogens (primary N) is 2. The highest BCUT2D eigenvalue weighted by Crippen LogP contribution is 2.10. The topological polar surface area (TPSA) is 102 Å². The first-order chi connectivity index (χ1) is 10.1. The molecule has 0 saturated carbocycles. The molecular weight excluding hydrogens is 270 g/mol. The molecule has 1 amide bonds. The molecular formula is C15H23N3O3. The molecule has 1 saturated heterocycles. The molecule has 3 atom stereocenters. The standard InChI is InChI=1S/C15H23N3O3/c16-12(8-11-4-2-1-3-5-11)14(19)9-18-6-7-21-10-13(18)15(17)20/h1-5,12-14,19H,6-10,16H2,(H2,17,20). The highest BCUT2D eigenvalue weighted by atomic mass is 16.5. The summed E-state index contributed by atoms with van der Waals surface area (Å²) in [6.45, 7) is 1.70. The second-order valence-corrected chi connectivity index (χ2v) is 5.41. The molecule has 1 fully saturated rings. The molecule has 0 aromatic heterocycles. The predicted octanol–water partition coefficient (Wildman–Crippen LogP) is -0.897. The van der Waals surface area contributed by atoms with Crippen molar-refractivity contribution in [1.82, 2.24) is 4.90 Å². The van der Waals surface area contributed by atoms with Gasteiger partial charge in [-0.25, -0.2) is 0 Å². The van der Waals surface area contributed by atoms with Gasteiger partial charge < -0.3 is 21.3 Å². The molecule has 0 radical (unpaired) electrons. The molecule has 1 aromatic carbocycles. The third-order valence-corrected chi connectivity index (χ3v) is 3.80. The minimum atomic E-state index is -0.717. The normalized spacial score (nSPS) is 22.7. The summed E-state index contributed by atoms with van der Waals surface area (Å²) in [7, 11) is 0. The number of amides is 1. The van der Waals surface area contributed by atoms with Gasteiger partial charge in [-0.1, -0.05) is 30.3 Å². The number of ether oxygens (including phenoxy) is 1. The van der Waals surface area contributed by atoms with E-state index in [4.69, 9.17) is 16.2 Å². The fraction of sp³-hybridized carbons (Fsp3) is 0.533. The Morgan fingerprint density at radius 1 is 1.43 bits per heavy atom. The first-order valence-corrected chi connectivity index (χ1v) is 7.16. The van der Waals surface area contributed by atoms with E-state index >= 15 is 0 Å². The van der Waals surface area contributed by atoms with E-state index in [0.29, 0.717) is 26.1 Å². The molecule has 1 aliphatic heterocycles. The van der Waals surface area contributed by atoms with Gasteiger partial charge in [0.1, 0.15) is 6.04 Å². The number of benzene rings is 1. The Kier molecular flexibility index (Phi) is 5.69. The highest BCUT2D eigenvalue weighted by Gasteiger charge is 2.30. The molecule has 2 rings (SSSR count). The lowest BCUT2D eigenvalue weighted by atomic mass is 10.0. The quantitative estimate of drug-likeness (QED) is 0.631. The molecule has 1 heterocycles. The molecule has 5 N–H and O–H groups in total. The van der Waals surface area contributed by atoms with Crippen molar-refractivity contribution >= 4 is 5.91 Å². The summed E-state index contributed by atoms with van der Waals surface area (Å²) in [6.07, 6.45) is -0.127. The number of aliphatic hydroxyl groups is 1. The maximum absolute atomic E-state index is 11.4. The van der Waals surface area contributed by atoms with Crippen LogP contribution in [0.15, 0.2) is 30.3 Å². The number of primary amides is 1. The molecule has 3 unspecified atom stereocenters. The van der Waals surface area contributed by atoms with E-state index in [9.17, 15) is 9.90 Å². The van der Waals surface area contributed by atoms with Crippen LogP contribution in [-0.4, -0.2) is 60.4 Å². The van der Waals surface area contributed by atoms with Gasteiger partial charge in [0.25, 0.3) is 0 Å². The SMILES string of the molecule is NC(=O)C1COCCN1CC(O)C(N)Cc1ccccc1. The van der Waals surface area contributed by atoms with Crippen molar-refractivity contribution in [2.45, 2.75) is 24.6 Å². The van der Waals surface area contributed by atoms with Crippen LogP contribution in [0.25, 0.3) is 0 Å². The van der Waals surface area contributed by atoms with E-state index in [1.54, 1.807) is 0 Å². The van der Waals surface area contributed by atoms with Gasteiger partial charge in [-0.2, -0.15) is 0 Å². The largest absolute Gasteiger partial charge is 0.390 e. The monoisotopic (exact) mass is 293 g/mol. The lowest BCUT2D eigenvalue weighted by Gasteiger charge is -2.35. The summed E-state index contributed by atoms with van der Waals surface area (Å²) in [5.74, 6) is -0.432. The summed E-state index contributed by atoms with van der Waals surface area (Å²) < 4.78 is 5.26. The first-order valence-electron chi connectivity index (χ1n) is 7.16. The second kappa shape index (κ2) is 7.51. The van der Waals surface area contributed by atoms with E-state index in [1.807, 2.05) is 35.2 Å². The summed E-state index contributed by atoms with van der Waals surface area (Å²) in [5, 5.41) is 10.3. The number of hydrogen-bond acceptors (Lipinski definition) is 5. The van der Waals surface area contributed by atoms with E-state index < -0.39 is 18.1 Å². The number of β-amino-alcohol motifs (C(OH)–C–C–N with tert-alkyl or cyclic N) is 1. The van der Waals surface area contributed by atoms with Gasteiger partial charge in [0.2, 0.25) is 5.91 Å². The van der Waals surface area contributed by atoms with Crippen LogP contribution in [0, 0.1) is 0 Å². The molecule has 1 aromatic rings. The van der Waals surface area contributed by atoms with Crippen molar-refractivity contribution in [3.8, 4) is 0 Å². The Bertz CT molecular complexity index is 455. The minimum Gasteiger partial charge on any atom is -0.390 e. The Labute approximate surface area is 124 Å². The Balaban J connectivity index is 1.90. The fourth-order valence-electron chi connectivity index (χ4n) is 2.52. The molecule has 116 valence electrons. The summed E-state index contributed by atoms with van der Waals surface area (Å²) in [4.78, 5) is 13.2. The second-order valence-electron chi connectivity index (χ2n) is 5.41. The molecule has 1 aliphatic rings. The maximum Gasteiger partial charge on any atom is 0.237 e. The van der Waals surface area contributed by atoms with Crippen molar-refractivity contribution in [3.63, 3.8) is 0 Å². The summed E-state index contributed by atoms with van der Waals surface area (Å²) in [5.41, 5.74) is 12.5. The van der Waals surface area contributed by atoms with Gasteiger partial charge in [-0.05, 0) is 12.0 Å². The van der Waals surface area contributed by atoms with Crippen LogP contribution in [0.1, 0.15) is 5.56 Å². The van der Waals surface area contributed by atoms with Crippen LogP contribution in [0.3, 0.4) is 0 Å². The zero-order valence-electron chi connectivity index (χ0n) is 12.0. The average molecular weight is 293 g/mol. The van der Waals surface area contributed by atoms with Crippen LogP contribution in [-0.2, 0) is 16.0 Å². The Morgan fingerprint density at radius 2 is 2.14 bits per heavy atom. The number of morpholine rings is 1. The minimum absolute atomic E-state index is 0.274. The van der Waals surface area contributed by atoms with Crippen LogP contribution < -0.4 is 11.5 Å². The molecule has 0 spiro atoms. The number of rotatable bonds is 6. The van der Waals surface area contributed by atoms with Crippen LogP contribution in [0.5, 0.6) is 0 Å². The molecule has 0 aliphatic carbocycles. The van der Waals surface area contributed by atoms with Crippen molar-refractivity contribution in [1.29, 1.82) is 0 Å². The maximum atomic E-state index is 11.4. The van der Waals surface area contributed by atoms with Crippen LogP contribution in [0.4, 0.5) is 0 Å². The van der Waals surface area contributed by atoms with E-state index in [2.05, 4.69) is 0 Å². The zero-order chi connectivity index (χ0) is 15.2. The molecule has 6 nitrogen and oxygen atoms in total. The molecule has 6 heteroatoms. The van der Waals surface area contributed by atoms with Crippen LogP contribution in [0.2, 0.25) is 0 Å². The number of carbonyl (C=O) groups is 1. The third kappa shape index (κ3) is 4.50. The smallest absolute Gasteiger partial charge is 0.237 e. The lowest BCUT2D eigenvalue weighted by molar-refractivity contribution is -0.130. The summed E-state index contributed by atoms with van der Waals surface area (Å²) >= 11 is 0. The third-order valence-electron chi connectivity index (χ3n) is 3.80. The van der Waals surface area contributed by atoms with Gasteiger partial charge in [0, 0.05) is 19.1 Å². The fourth-order valence-corrected chi connectivity index (χ4v) is 2.52. The van der Waals surface area contributed by atoms with Gasteiger partial charge in [-0.3, -0.25) is 9.69 Å². The van der Waals surface area contributed by atoms with Crippen LogP contribution >= 0.6 is 0 Å². The van der Waals surface area contributed by atoms with Crippen molar-refractivity contribution < 1.29 is 14.6 Å². The number of aliphatic hydroxyl groups excluding tert-OH is 1. The van der Waals surface area contributed by atoms with Crippen molar-refractivity contribution in [2.75, 3.05) is 26.3 Å². The van der Waals surface area contributed by atoms with Crippen molar-refractivity contribution in [2.24, 2.45) is 11.5 Å². The van der Waals surface area contributed by atoms with Gasteiger partial charge in [-0.15, -0.1) is 0 Å². The number of carbonyl (C=O) groups excluding carboxylic acids is 1. The van der Waals surface area contributed by atoms with Gasteiger partial charge >= 0.3 is 0 Å². The number of hydrogen-bond donors (Lipinski definition) is 3. The zero-order valence-corrected chi connectivity index (χ0v) is 12.0. The Hall–Kier alpha value is -1.47. The van der Waals surface area contributed by atoms with Crippen molar-refractivity contribution in [3.05, 3.63) is 35.9 Å².